The number of aromatic nitrogens is 3. The van der Waals surface area contributed by atoms with Crippen molar-refractivity contribution in [3.63, 3.8) is 0 Å². The molecule has 1 aliphatic rings. The number of para-hydroxylation sites is 3. The Morgan fingerprint density at radius 3 is 1.38 bits per heavy atom. The molecule has 4 heteroatoms. The van der Waals surface area contributed by atoms with Gasteiger partial charge in [0.05, 0.1) is 16.4 Å². The van der Waals surface area contributed by atoms with Gasteiger partial charge < -0.3 is 4.57 Å². The summed E-state index contributed by atoms with van der Waals surface area (Å²) in [6, 6.07) is 87.7. The van der Waals surface area contributed by atoms with Crippen LogP contribution in [-0.4, -0.2) is 14.5 Å². The van der Waals surface area contributed by atoms with Crippen LogP contribution < -0.4 is 4.48 Å². The number of hydrogen-bond donors (Lipinski definition) is 0. The van der Waals surface area contributed by atoms with Crippen molar-refractivity contribution < 1.29 is 0 Å². The molecule has 15 rings (SSSR count). The molecule has 0 amide bonds. The molecule has 334 valence electrons. The molecular weight excluding hydrogens is 873 g/mol. The molecule has 1 aliphatic heterocycles. The molecule has 11 aromatic carbocycles. The van der Waals surface area contributed by atoms with Gasteiger partial charge in [0.25, 0.3) is 0 Å². The monoisotopic (exact) mass is 915 g/mol. The predicted octanol–water partition coefficient (Wildman–Crippen LogP) is 18.5. The van der Waals surface area contributed by atoms with Crippen molar-refractivity contribution in [2.75, 3.05) is 0 Å². The molecule has 0 radical (unpaired) electrons. The van der Waals surface area contributed by atoms with E-state index in [9.17, 15) is 0 Å². The minimum absolute atomic E-state index is 0.531. The maximum Gasteiger partial charge on any atom is 0.219 e. The molecule has 0 N–H and O–H groups in total. The summed E-state index contributed by atoms with van der Waals surface area (Å²) >= 11 is 0. The molecule has 3 aromatic heterocycles. The van der Waals surface area contributed by atoms with Crippen LogP contribution >= 0.6 is 0 Å². The van der Waals surface area contributed by atoms with Gasteiger partial charge in [-0.3, -0.25) is 9.97 Å². The molecule has 0 bridgehead atoms. The van der Waals surface area contributed by atoms with Crippen molar-refractivity contribution in [3.8, 4) is 50.2 Å². The zero-order chi connectivity index (χ0) is 47.3. The van der Waals surface area contributed by atoms with Gasteiger partial charge in [0.2, 0.25) is 11.4 Å². The number of nitrogens with zero attached hydrogens (tertiary/aromatic N) is 4. The zero-order valence-electron chi connectivity index (χ0n) is 39.1. The summed E-state index contributed by atoms with van der Waals surface area (Å²) in [5.74, 6) is 0. The summed E-state index contributed by atoms with van der Waals surface area (Å²) in [6.45, 7) is 0. The summed E-state index contributed by atoms with van der Waals surface area (Å²) in [5, 5.41) is 12.1. The number of fused-ring (bicyclic) bond motifs is 9. The third-order valence-electron chi connectivity index (χ3n) is 15.3. The van der Waals surface area contributed by atoms with Crippen molar-refractivity contribution in [2.45, 2.75) is 0 Å². The van der Waals surface area contributed by atoms with Gasteiger partial charge in [0.1, 0.15) is 11.4 Å². The van der Waals surface area contributed by atoms with Crippen LogP contribution in [0.5, 0.6) is 0 Å². The summed E-state index contributed by atoms with van der Waals surface area (Å²) in [4.78, 5) is 8.69. The van der Waals surface area contributed by atoms with Crippen LogP contribution in [0.25, 0.3) is 115 Å². The van der Waals surface area contributed by atoms with Crippen LogP contribution in [0.2, 0.25) is 0 Å². The molecule has 1 unspecified atom stereocenters. The van der Waals surface area contributed by atoms with E-state index in [4.69, 9.17) is 0 Å². The fourth-order valence-electron chi connectivity index (χ4n) is 11.9. The maximum atomic E-state index is 4.35. The summed E-state index contributed by atoms with van der Waals surface area (Å²) in [7, 11) is 0. The van der Waals surface area contributed by atoms with Gasteiger partial charge in [0, 0.05) is 87.9 Å². The Bertz CT molecular complexity index is 4430. The topological polar surface area (TPSA) is 30.7 Å². The Morgan fingerprint density at radius 2 is 0.792 bits per heavy atom. The lowest BCUT2D eigenvalue weighted by Gasteiger charge is -2.21. The van der Waals surface area contributed by atoms with E-state index in [1.165, 1.54) is 121 Å². The van der Waals surface area contributed by atoms with Crippen LogP contribution in [0.3, 0.4) is 0 Å². The van der Waals surface area contributed by atoms with Gasteiger partial charge in [-0.2, -0.15) is 4.48 Å². The molecule has 0 aliphatic carbocycles. The van der Waals surface area contributed by atoms with E-state index < -0.39 is 0 Å². The van der Waals surface area contributed by atoms with E-state index in [0.29, 0.717) is 4.48 Å². The van der Waals surface area contributed by atoms with E-state index in [2.05, 4.69) is 251 Å². The summed E-state index contributed by atoms with van der Waals surface area (Å²) in [6.07, 6.45) is 7.60. The number of quaternary nitrogens is 1. The molecule has 72 heavy (non-hydrogen) atoms. The van der Waals surface area contributed by atoms with E-state index >= 15 is 0 Å². The number of rotatable bonds is 7. The fourth-order valence-corrected chi connectivity index (χ4v) is 11.9. The molecule has 0 fully saturated rings. The Balaban J connectivity index is 0.955. The van der Waals surface area contributed by atoms with E-state index in [-0.39, 0.29) is 0 Å². The average molecular weight is 916 g/mol. The second-order valence-electron chi connectivity index (χ2n) is 19.1. The molecule has 4 heterocycles. The van der Waals surface area contributed by atoms with E-state index in [1.807, 2.05) is 24.8 Å². The normalized spacial score (nSPS) is 14.2. The SMILES string of the molecule is c1ccc([N+]2(c3ccc(-n4c5ccccc5c5ccccc54)cc3)c3ccc4c(-c5ccc(-c6ccc7cnccc7c6)cc5)c5ccccc5c(-c5ccc(-c6ccc7cnccc7c6)cc5)c4c32)cc1. The number of hydrogen-bond acceptors (Lipinski definition) is 2. The van der Waals surface area contributed by atoms with Crippen LogP contribution in [0, 0.1) is 0 Å². The van der Waals surface area contributed by atoms with Gasteiger partial charge in [-0.05, 0) is 120 Å². The van der Waals surface area contributed by atoms with Crippen LogP contribution in [0.1, 0.15) is 0 Å². The van der Waals surface area contributed by atoms with Crippen LogP contribution in [0.15, 0.2) is 261 Å². The second kappa shape index (κ2) is 15.8. The first-order valence-electron chi connectivity index (χ1n) is 24.7. The highest BCUT2D eigenvalue weighted by atomic mass is 15.5. The molecule has 14 aromatic rings. The lowest BCUT2D eigenvalue weighted by molar-refractivity contribution is 0.841. The lowest BCUT2D eigenvalue weighted by Crippen LogP contribution is -2.16. The highest BCUT2D eigenvalue weighted by Crippen LogP contribution is 2.72. The van der Waals surface area contributed by atoms with Crippen molar-refractivity contribution in [1.82, 2.24) is 19.0 Å². The minimum Gasteiger partial charge on any atom is -0.309 e. The molecule has 0 saturated heterocycles. The number of pyridine rings is 2. The molecule has 1 atom stereocenters. The minimum atomic E-state index is 0.531. The Morgan fingerprint density at radius 1 is 0.319 bits per heavy atom. The van der Waals surface area contributed by atoms with E-state index in [0.717, 1.165) is 16.5 Å². The largest absolute Gasteiger partial charge is 0.309 e. The Hall–Kier alpha value is -9.48. The maximum absolute atomic E-state index is 4.35. The van der Waals surface area contributed by atoms with Gasteiger partial charge in [-0.1, -0.05) is 152 Å². The number of benzene rings is 11. The van der Waals surface area contributed by atoms with Crippen molar-refractivity contribution in [1.29, 1.82) is 0 Å². The third kappa shape index (κ3) is 6.03. The molecule has 0 spiro atoms. The van der Waals surface area contributed by atoms with Gasteiger partial charge in [-0.15, -0.1) is 0 Å². The molecule has 4 nitrogen and oxygen atoms in total. The van der Waals surface area contributed by atoms with Crippen molar-refractivity contribution in [2.24, 2.45) is 0 Å². The fraction of sp³-hybridized carbons (Fsp3) is 0. The summed E-state index contributed by atoms with van der Waals surface area (Å²) < 4.78 is 2.94. The highest BCUT2D eigenvalue weighted by Gasteiger charge is 2.59. The highest BCUT2D eigenvalue weighted by molar-refractivity contribution is 6.30. The Kier molecular flexibility index (Phi) is 8.85. The van der Waals surface area contributed by atoms with Gasteiger partial charge in [-0.25, -0.2) is 0 Å². The first kappa shape index (κ1) is 40.4. The van der Waals surface area contributed by atoms with Crippen LogP contribution in [-0.2, 0) is 0 Å². The molecule has 0 saturated carbocycles. The first-order chi connectivity index (χ1) is 35.7. The van der Waals surface area contributed by atoms with E-state index in [1.54, 1.807) is 0 Å². The third-order valence-corrected chi connectivity index (χ3v) is 15.3. The second-order valence-corrected chi connectivity index (χ2v) is 19.1. The average Bonchev–Trinajstić information content (AvgIpc) is 4.04. The standard InChI is InChI=1S/C68H43N4/c1-2-10-55(11-3-1)72(56-32-30-54(31-33-56)71-62-16-8-6-12-57(62)58-13-7-9-17-63(58)71)64-35-34-61-65(46-22-18-44(19-23-46)48-26-28-52-42-69-38-36-50(52)40-48)59-14-4-5-15-60(59)66(67(61)68(64)72)47-24-20-45(21-25-47)49-27-29-53-43-70-39-37-51(53)41-49/h1-43H/q+1. The summed E-state index contributed by atoms with van der Waals surface area (Å²) in [5.41, 5.74) is 18.1. The predicted molar refractivity (Wildman–Crippen MR) is 302 cm³/mol. The Labute approximate surface area is 416 Å². The van der Waals surface area contributed by atoms with Crippen molar-refractivity contribution >= 4 is 87.6 Å². The van der Waals surface area contributed by atoms with Gasteiger partial charge in [0.15, 0.2) is 0 Å². The lowest BCUT2D eigenvalue weighted by atomic mass is 9.85. The van der Waals surface area contributed by atoms with Crippen molar-refractivity contribution in [3.05, 3.63) is 261 Å². The van der Waals surface area contributed by atoms with Gasteiger partial charge >= 0.3 is 0 Å². The zero-order valence-corrected chi connectivity index (χ0v) is 39.1. The van der Waals surface area contributed by atoms with Crippen LogP contribution in [0.4, 0.5) is 22.7 Å². The molecular formula is C68H43N4+. The quantitative estimate of drug-likeness (QED) is 0.0906. The smallest absolute Gasteiger partial charge is 0.219 e. The first-order valence-corrected chi connectivity index (χ1v) is 24.7.